The second-order valence-corrected chi connectivity index (χ2v) is 34.1. The van der Waals surface area contributed by atoms with Crippen molar-refractivity contribution < 1.29 is 163 Å². The van der Waals surface area contributed by atoms with E-state index in [-0.39, 0.29) is 86.8 Å². The van der Waals surface area contributed by atoms with Crippen molar-refractivity contribution in [2.75, 3.05) is 26.9 Å². The number of aliphatic hydroxyl groups excluding tert-OH is 14. The zero-order valence-corrected chi connectivity index (χ0v) is 64.1. The molecule has 32 atom stereocenters. The highest BCUT2D eigenvalue weighted by Crippen LogP contribution is 2.76. The summed E-state index contributed by atoms with van der Waals surface area (Å²) in [4.78, 5) is 50.6. The first-order valence-electron chi connectivity index (χ1n) is 37.7. The van der Waals surface area contributed by atoms with E-state index < -0.39 is 218 Å². The number of carbonyl (C=O) groups is 4. The highest BCUT2D eigenvalue weighted by Gasteiger charge is 2.72. The Balaban J connectivity index is 0.000000374. The number of ether oxygens (including phenoxy) is 12. The maximum atomic E-state index is 15.4. The molecule has 5 aliphatic carbocycles. The summed E-state index contributed by atoms with van der Waals surface area (Å²) in [6.07, 6.45) is -28.9. The number of rotatable bonds is 16. The molecule has 9 fully saturated rings. The number of hydrogen-bond donors (Lipinski definition) is 17. The molecule has 0 radical (unpaired) electrons. The molecule has 110 heavy (non-hydrogen) atoms. The summed E-state index contributed by atoms with van der Waals surface area (Å²) in [6, 6.07) is 2.71. The quantitative estimate of drug-likeness (QED) is 0.0364. The predicted molar refractivity (Wildman–Crippen MR) is 376 cm³/mol. The van der Waals surface area contributed by atoms with Crippen LogP contribution in [0.4, 0.5) is 0 Å². The lowest BCUT2D eigenvalue weighted by Crippen LogP contribution is -2.68. The molecule has 4 saturated carbocycles. The number of aryl methyl sites for hydroxylation is 2. The molecule has 5 heterocycles. The van der Waals surface area contributed by atoms with Crippen LogP contribution in [0.3, 0.4) is 0 Å². The number of aliphatic hydroxyl groups is 14. The van der Waals surface area contributed by atoms with Gasteiger partial charge in [0.1, 0.15) is 131 Å². The highest BCUT2D eigenvalue weighted by atomic mass is 16.8. The summed E-state index contributed by atoms with van der Waals surface area (Å²) in [5, 5.41) is 182. The Kier molecular flexibility index (Phi) is 25.0. The molecule has 33 nitrogen and oxygen atoms in total. The van der Waals surface area contributed by atoms with Crippen molar-refractivity contribution in [3.63, 3.8) is 0 Å². The van der Waals surface area contributed by atoms with Gasteiger partial charge in [-0.25, -0.2) is 9.59 Å². The van der Waals surface area contributed by atoms with Crippen LogP contribution in [-0.2, 0) is 52.2 Å². The average Bonchev–Trinajstić information content (AvgIpc) is 0.670. The van der Waals surface area contributed by atoms with Gasteiger partial charge < -0.3 is 144 Å². The number of fused-ring (bicyclic) bond motifs is 7. The Hall–Kier alpha value is -5.26. The third-order valence-corrected chi connectivity index (χ3v) is 26.8. The number of benzene rings is 2. The van der Waals surface area contributed by atoms with E-state index in [1.54, 1.807) is 6.92 Å². The summed E-state index contributed by atoms with van der Waals surface area (Å²) in [5.41, 5.74) is -2.58. The zero-order chi connectivity index (χ0) is 81.0. The molecule has 17 N–H and O–H groups in total. The Morgan fingerprint density at radius 1 is 0.582 bits per heavy atom. The van der Waals surface area contributed by atoms with Crippen LogP contribution < -0.4 is 9.47 Å². The number of phenols is 2. The fourth-order valence-corrected chi connectivity index (χ4v) is 20.2. The molecule has 5 saturated heterocycles. The number of aromatic hydroxyl groups is 2. The van der Waals surface area contributed by atoms with Crippen LogP contribution in [0.5, 0.6) is 23.0 Å². The zero-order valence-electron chi connectivity index (χ0n) is 64.1. The summed E-state index contributed by atoms with van der Waals surface area (Å²) < 4.78 is 69.9. The molecular weight excluding hydrogens is 1450 g/mol. The minimum absolute atomic E-state index is 0.0419. The smallest absolute Gasteiger partial charge is 0.347 e. The molecule has 0 spiro atoms. The third kappa shape index (κ3) is 14.8. The van der Waals surface area contributed by atoms with Crippen molar-refractivity contribution in [2.45, 2.75) is 294 Å². The molecular formula is C77H112O33. The Morgan fingerprint density at radius 3 is 1.74 bits per heavy atom. The molecule has 0 bridgehead atoms. The van der Waals surface area contributed by atoms with Gasteiger partial charge in [0.2, 0.25) is 6.29 Å². The predicted octanol–water partition coefficient (Wildman–Crippen LogP) is 0.855. The Morgan fingerprint density at radius 2 is 1.14 bits per heavy atom. The summed E-state index contributed by atoms with van der Waals surface area (Å²) >= 11 is 0. The van der Waals surface area contributed by atoms with Gasteiger partial charge in [-0.3, -0.25) is 9.59 Å². The SMILES string of the molecule is CC1OC(OC2CCC3(C)C(CCC4(C)C3CC=C3C5CC(C)(C)CCC5(C(=O)OC5OCC(O)C(O)C5OC5OC(C)C(OC6OC(CO)C(O)C(O)C6O)C(O)C5O)C(O)CC34C)C2(C)C)C(O)C(O)C1OC1OCC(O)C(O)C1O.COc1cc(C)c(C(=O)Oc2cc(C)c(O)c(C(=O)O)c2C)c(O)c1C=O. The van der Waals surface area contributed by atoms with Gasteiger partial charge in [0.05, 0.1) is 56.9 Å². The molecule has 2 aromatic rings. The lowest BCUT2D eigenvalue weighted by atomic mass is 9.33. The summed E-state index contributed by atoms with van der Waals surface area (Å²) in [5.74, 6) is -4.38. The van der Waals surface area contributed by atoms with Gasteiger partial charge in [0, 0.05) is 5.56 Å². The number of esters is 2. The van der Waals surface area contributed by atoms with Gasteiger partial charge in [0.25, 0.3) is 0 Å². The molecule has 33 heteroatoms. The number of phenolic OH excluding ortho intramolecular Hbond substituents is 1. The fraction of sp³-hybridized carbons (Fsp3) is 0.766. The van der Waals surface area contributed by atoms with Crippen LogP contribution in [0.1, 0.15) is 168 Å². The maximum absolute atomic E-state index is 15.4. The number of aromatic carboxylic acids is 1. The molecule has 5 aliphatic heterocycles. The molecule has 0 aromatic heterocycles. The minimum Gasteiger partial charge on any atom is -0.507 e. The van der Waals surface area contributed by atoms with Gasteiger partial charge in [-0.2, -0.15) is 0 Å². The van der Waals surface area contributed by atoms with E-state index in [9.17, 15) is 101 Å². The van der Waals surface area contributed by atoms with E-state index in [0.717, 1.165) is 24.8 Å². The van der Waals surface area contributed by atoms with E-state index in [0.29, 0.717) is 37.5 Å². The molecule has 10 aliphatic rings. The van der Waals surface area contributed by atoms with Crippen molar-refractivity contribution in [3.8, 4) is 23.0 Å². The number of carboxylic acids is 1. The number of hydrogen-bond acceptors (Lipinski definition) is 32. The Labute approximate surface area is 636 Å². The van der Waals surface area contributed by atoms with Crippen LogP contribution in [0.2, 0.25) is 0 Å². The van der Waals surface area contributed by atoms with Crippen molar-refractivity contribution in [3.05, 3.63) is 57.2 Å². The van der Waals surface area contributed by atoms with Gasteiger partial charge in [0.15, 0.2) is 37.6 Å². The van der Waals surface area contributed by atoms with Gasteiger partial charge >= 0.3 is 17.9 Å². The topological polar surface area (TPSA) is 523 Å². The Bertz CT molecular complexity index is 3720. The van der Waals surface area contributed by atoms with E-state index in [1.807, 2.05) is 0 Å². The van der Waals surface area contributed by atoms with E-state index in [2.05, 4.69) is 54.5 Å². The van der Waals surface area contributed by atoms with Crippen molar-refractivity contribution >= 4 is 24.2 Å². The van der Waals surface area contributed by atoms with Crippen LogP contribution in [0.25, 0.3) is 0 Å². The monoisotopic (exact) mass is 1560 g/mol. The lowest BCUT2D eigenvalue weighted by molar-refractivity contribution is -0.374. The number of aldehydes is 1. The van der Waals surface area contributed by atoms with E-state index >= 15 is 4.79 Å². The maximum Gasteiger partial charge on any atom is 0.347 e. The summed E-state index contributed by atoms with van der Waals surface area (Å²) in [7, 11) is 1.31. The van der Waals surface area contributed by atoms with Gasteiger partial charge in [-0.05, 0) is 160 Å². The summed E-state index contributed by atoms with van der Waals surface area (Å²) in [6.45, 7) is 21.5. The first-order valence-corrected chi connectivity index (χ1v) is 37.7. The normalized spacial score (nSPS) is 44.2. The van der Waals surface area contributed by atoms with Crippen LogP contribution in [0, 0.1) is 71.0 Å². The number of methoxy groups -OCH3 is 1. The largest absolute Gasteiger partial charge is 0.507 e. The molecule has 618 valence electrons. The second kappa shape index (κ2) is 32.1. The number of carbonyl (C=O) groups excluding carboxylic acids is 3. The standard InChI is InChI=1S/C58H94O25.C19H18O8/c1-23-44(80-47-40(69)34(63)27(60)21-74-47)38(67)42(71)48(76-23)79-33-13-14-55(7)30(54(33,5)6)12-15-56(8)31(55)11-10-25-26-18-53(3,4)16-17-58(26,32(62)19-57(25,56)9)52(73)83-51-46(35(64)28(61)22-75-51)82-49-43(72)39(68)45(24(2)77-49)81-50-41(70)37(66)36(65)29(20-59)78-50;1-8-5-13(26-4)11(7-20)17(22)14(8)19(25)27-12-6-9(2)16(21)15(10(12)3)18(23)24/h10,23-24,26-51,59-72H,11-22H2,1-9H3;5-7,21-22H,1-4H3,(H,23,24). The van der Waals surface area contributed by atoms with Crippen LogP contribution in [-0.4, -0.2) is 291 Å². The average molecular weight is 1570 g/mol. The number of carboxylic acid groups (broad SMARTS) is 1. The molecule has 2 aromatic carbocycles. The second-order valence-electron chi connectivity index (χ2n) is 34.1. The third-order valence-electron chi connectivity index (χ3n) is 26.8. The van der Waals surface area contributed by atoms with E-state index in [4.69, 9.17) is 56.8 Å². The van der Waals surface area contributed by atoms with Gasteiger partial charge in [-0.15, -0.1) is 0 Å². The van der Waals surface area contributed by atoms with Crippen LogP contribution in [0.15, 0.2) is 23.8 Å². The van der Waals surface area contributed by atoms with Crippen molar-refractivity contribution in [1.29, 1.82) is 0 Å². The minimum atomic E-state index is -1.93. The first kappa shape index (κ1) is 85.6. The van der Waals surface area contributed by atoms with Crippen LogP contribution >= 0.6 is 0 Å². The molecule has 0 amide bonds. The lowest BCUT2D eigenvalue weighted by Gasteiger charge is -2.71. The number of allylic oxidation sites excluding steroid dienone is 2. The molecule has 12 rings (SSSR count). The van der Waals surface area contributed by atoms with Crippen molar-refractivity contribution in [1.82, 2.24) is 0 Å². The molecule has 32 unspecified atom stereocenters. The van der Waals surface area contributed by atoms with Gasteiger partial charge in [-0.1, -0.05) is 60.1 Å². The fourth-order valence-electron chi connectivity index (χ4n) is 20.2. The highest BCUT2D eigenvalue weighted by molar-refractivity contribution is 6.01. The van der Waals surface area contributed by atoms with Crippen molar-refractivity contribution in [2.24, 2.45) is 50.2 Å². The van der Waals surface area contributed by atoms with E-state index in [1.165, 1.54) is 46.9 Å². The first-order chi connectivity index (χ1) is 51.4.